The fraction of sp³-hybridized carbons (Fsp3) is 0. The van der Waals surface area contributed by atoms with E-state index in [0.717, 1.165) is 6.20 Å². The van der Waals surface area contributed by atoms with Crippen LogP contribution in [-0.2, 0) is 11.1 Å². The normalized spacial score (nSPS) is 12.2. The van der Waals surface area contributed by atoms with Crippen molar-refractivity contribution < 1.29 is 13.2 Å². The number of hydrogen-bond donors (Lipinski definition) is 2. The van der Waals surface area contributed by atoms with E-state index < -0.39 is 16.9 Å². The zero-order chi connectivity index (χ0) is 13.1. The first-order chi connectivity index (χ1) is 8.58. The highest BCUT2D eigenvalue weighted by Crippen LogP contribution is 2.23. The molecule has 0 radical (unpaired) electrons. The second kappa shape index (κ2) is 5.38. The average Bonchev–Trinajstić information content (AvgIpc) is 2.34. The lowest BCUT2D eigenvalue weighted by Crippen LogP contribution is -2.02. The quantitative estimate of drug-likeness (QED) is 0.670. The van der Waals surface area contributed by atoms with Gasteiger partial charge in [0.25, 0.3) is 0 Å². The molecular formula is C10H7ClFN3O2S. The van der Waals surface area contributed by atoms with E-state index in [1.165, 1.54) is 12.1 Å². The first kappa shape index (κ1) is 12.9. The molecule has 2 rings (SSSR count). The number of halogens is 2. The molecule has 1 aromatic heterocycles. The molecule has 0 bridgehead atoms. The summed E-state index contributed by atoms with van der Waals surface area (Å²) in [5.41, 5.74) is 0.270. The molecular weight excluding hydrogens is 281 g/mol. The van der Waals surface area contributed by atoms with Gasteiger partial charge in [-0.15, -0.1) is 0 Å². The summed E-state index contributed by atoms with van der Waals surface area (Å²) < 4.78 is 33.6. The van der Waals surface area contributed by atoms with Crippen LogP contribution in [0, 0.1) is 5.82 Å². The van der Waals surface area contributed by atoms with Crippen LogP contribution in [-0.4, -0.2) is 18.7 Å². The van der Waals surface area contributed by atoms with Crippen LogP contribution in [0.2, 0.25) is 5.28 Å². The molecule has 0 spiro atoms. The zero-order valence-electron chi connectivity index (χ0n) is 8.80. The summed E-state index contributed by atoms with van der Waals surface area (Å²) in [4.78, 5) is 7.24. The maximum absolute atomic E-state index is 13.4. The Morgan fingerprint density at radius 2 is 2.11 bits per heavy atom. The fourth-order valence-electron chi connectivity index (χ4n) is 1.28. The molecule has 1 aromatic carbocycles. The van der Waals surface area contributed by atoms with Crippen LogP contribution in [0.15, 0.2) is 35.4 Å². The van der Waals surface area contributed by atoms with Gasteiger partial charge < -0.3 is 9.87 Å². The summed E-state index contributed by atoms with van der Waals surface area (Å²) in [7, 11) is 0. The van der Waals surface area contributed by atoms with Crippen molar-refractivity contribution in [2.75, 3.05) is 5.32 Å². The molecule has 0 aliphatic rings. The van der Waals surface area contributed by atoms with Crippen LogP contribution in [0.3, 0.4) is 0 Å². The summed E-state index contributed by atoms with van der Waals surface area (Å²) >= 11 is 3.36. The van der Waals surface area contributed by atoms with Gasteiger partial charge in [-0.1, -0.05) is 12.1 Å². The van der Waals surface area contributed by atoms with Crippen molar-refractivity contribution in [1.82, 2.24) is 9.97 Å². The molecule has 1 unspecified atom stereocenters. The Morgan fingerprint density at radius 3 is 2.83 bits per heavy atom. The lowest BCUT2D eigenvalue weighted by Gasteiger charge is -2.09. The van der Waals surface area contributed by atoms with E-state index in [1.807, 2.05) is 0 Å². The Kier molecular flexibility index (Phi) is 3.85. The van der Waals surface area contributed by atoms with Crippen molar-refractivity contribution in [2.45, 2.75) is 4.90 Å². The van der Waals surface area contributed by atoms with Crippen molar-refractivity contribution in [2.24, 2.45) is 0 Å². The molecule has 18 heavy (non-hydrogen) atoms. The maximum Gasteiger partial charge on any atom is 0.224 e. The van der Waals surface area contributed by atoms with Gasteiger partial charge in [0.2, 0.25) is 5.28 Å². The number of nitrogens with one attached hydrogen (secondary N) is 1. The SMILES string of the molecule is O=S(O)c1ccccc1Nc1nc(Cl)ncc1F. The van der Waals surface area contributed by atoms with Gasteiger partial charge in [0.15, 0.2) is 22.7 Å². The molecule has 0 fully saturated rings. The monoisotopic (exact) mass is 287 g/mol. The van der Waals surface area contributed by atoms with Crippen LogP contribution in [0.4, 0.5) is 15.9 Å². The minimum Gasteiger partial charge on any atom is -0.337 e. The smallest absolute Gasteiger partial charge is 0.224 e. The van der Waals surface area contributed by atoms with Crippen molar-refractivity contribution >= 4 is 34.2 Å². The van der Waals surface area contributed by atoms with Gasteiger partial charge in [-0.05, 0) is 23.7 Å². The van der Waals surface area contributed by atoms with Crippen LogP contribution < -0.4 is 5.32 Å². The second-order valence-electron chi connectivity index (χ2n) is 3.21. The van der Waals surface area contributed by atoms with E-state index in [1.54, 1.807) is 12.1 Å². The number of hydrogen-bond acceptors (Lipinski definition) is 4. The van der Waals surface area contributed by atoms with Crippen molar-refractivity contribution in [3.63, 3.8) is 0 Å². The van der Waals surface area contributed by atoms with E-state index in [-0.39, 0.29) is 21.7 Å². The van der Waals surface area contributed by atoms with Crippen LogP contribution in [0.25, 0.3) is 0 Å². The van der Waals surface area contributed by atoms with E-state index in [9.17, 15) is 8.60 Å². The zero-order valence-corrected chi connectivity index (χ0v) is 10.4. The molecule has 0 aliphatic carbocycles. The van der Waals surface area contributed by atoms with E-state index in [4.69, 9.17) is 16.2 Å². The molecule has 0 saturated carbocycles. The molecule has 94 valence electrons. The van der Waals surface area contributed by atoms with E-state index >= 15 is 0 Å². The van der Waals surface area contributed by atoms with Gasteiger partial charge in [-0.2, -0.15) is 4.98 Å². The first-order valence-electron chi connectivity index (χ1n) is 4.73. The van der Waals surface area contributed by atoms with Crippen LogP contribution in [0.1, 0.15) is 0 Å². The Hall–Kier alpha value is -1.57. The van der Waals surface area contributed by atoms with Gasteiger partial charge in [0, 0.05) is 0 Å². The standard InChI is InChI=1S/C10H7ClFN3O2S/c11-10-13-5-6(12)9(15-10)14-7-3-1-2-4-8(7)18(16)17/h1-5H,(H,16,17)(H,13,14,15). The summed E-state index contributed by atoms with van der Waals surface area (Å²) in [5, 5.41) is 2.48. The highest BCUT2D eigenvalue weighted by Gasteiger charge is 2.11. The molecule has 0 amide bonds. The molecule has 1 atom stereocenters. The van der Waals surface area contributed by atoms with Gasteiger partial charge in [0.05, 0.1) is 16.8 Å². The highest BCUT2D eigenvalue weighted by atomic mass is 35.5. The first-order valence-corrected chi connectivity index (χ1v) is 6.21. The molecule has 1 heterocycles. The topological polar surface area (TPSA) is 75.1 Å². The molecule has 5 nitrogen and oxygen atoms in total. The summed E-state index contributed by atoms with van der Waals surface area (Å²) in [6.45, 7) is 0. The summed E-state index contributed by atoms with van der Waals surface area (Å²) in [6.07, 6.45) is 0.913. The maximum atomic E-state index is 13.4. The average molecular weight is 288 g/mol. The third kappa shape index (κ3) is 2.81. The fourth-order valence-corrected chi connectivity index (χ4v) is 1.92. The Morgan fingerprint density at radius 1 is 1.39 bits per heavy atom. The number of rotatable bonds is 3. The third-order valence-corrected chi connectivity index (χ3v) is 2.96. The minimum absolute atomic E-state index is 0.117. The number of aromatic nitrogens is 2. The van der Waals surface area contributed by atoms with Gasteiger partial charge in [-0.25, -0.2) is 13.6 Å². The summed E-state index contributed by atoms with van der Waals surface area (Å²) in [6, 6.07) is 6.20. The molecule has 2 N–H and O–H groups in total. The van der Waals surface area contributed by atoms with E-state index in [0.29, 0.717) is 0 Å². The largest absolute Gasteiger partial charge is 0.337 e. The van der Waals surface area contributed by atoms with Crippen molar-refractivity contribution in [3.05, 3.63) is 41.6 Å². The van der Waals surface area contributed by atoms with Gasteiger partial charge in [0.1, 0.15) is 0 Å². The number of anilines is 2. The molecule has 0 aliphatic heterocycles. The Labute approximate surface area is 109 Å². The molecule has 0 saturated heterocycles. The van der Waals surface area contributed by atoms with E-state index in [2.05, 4.69) is 15.3 Å². The highest BCUT2D eigenvalue weighted by molar-refractivity contribution is 7.79. The summed E-state index contributed by atoms with van der Waals surface area (Å²) in [5.74, 6) is -0.870. The number of benzene rings is 1. The van der Waals surface area contributed by atoms with Crippen LogP contribution >= 0.6 is 11.6 Å². The minimum atomic E-state index is -2.19. The molecule has 2 aromatic rings. The Bertz CT molecular complexity index is 611. The lowest BCUT2D eigenvalue weighted by atomic mass is 10.3. The lowest BCUT2D eigenvalue weighted by molar-refractivity contribution is 0.564. The Balaban J connectivity index is 2.40. The molecule has 8 heteroatoms. The number of nitrogens with zero attached hydrogens (tertiary/aromatic N) is 2. The predicted molar refractivity (Wildman–Crippen MR) is 65.8 cm³/mol. The number of para-hydroxylation sites is 1. The van der Waals surface area contributed by atoms with Crippen molar-refractivity contribution in [3.8, 4) is 0 Å². The second-order valence-corrected chi connectivity index (χ2v) is 4.48. The van der Waals surface area contributed by atoms with Crippen LogP contribution in [0.5, 0.6) is 0 Å². The third-order valence-electron chi connectivity index (χ3n) is 2.04. The van der Waals surface area contributed by atoms with Gasteiger partial charge >= 0.3 is 0 Å². The predicted octanol–water partition coefficient (Wildman–Crippen LogP) is 2.59. The van der Waals surface area contributed by atoms with Crippen molar-refractivity contribution in [1.29, 1.82) is 0 Å². The van der Waals surface area contributed by atoms with Gasteiger partial charge in [-0.3, -0.25) is 0 Å².